The molecule has 0 saturated heterocycles. The molecule has 0 aliphatic heterocycles. The van der Waals surface area contributed by atoms with E-state index in [0.717, 1.165) is 39.7 Å². The van der Waals surface area contributed by atoms with E-state index in [1.807, 2.05) is 38.9 Å². The van der Waals surface area contributed by atoms with Gasteiger partial charge in [-0.25, -0.2) is 4.98 Å². The number of thiazole rings is 1. The van der Waals surface area contributed by atoms with Gasteiger partial charge in [0.05, 0.1) is 15.9 Å². The fraction of sp³-hybridized carbons (Fsp3) is 0.476. The van der Waals surface area contributed by atoms with Crippen molar-refractivity contribution in [1.82, 2.24) is 19.7 Å². The molecule has 0 N–H and O–H groups in total. The van der Waals surface area contributed by atoms with Crippen molar-refractivity contribution in [3.8, 4) is 0 Å². The molecule has 6 nitrogen and oxygen atoms in total. The minimum atomic E-state index is 0.0263. The van der Waals surface area contributed by atoms with Crippen LogP contribution in [0.25, 0.3) is 10.2 Å². The molecule has 28 heavy (non-hydrogen) atoms. The van der Waals surface area contributed by atoms with Gasteiger partial charge in [-0.3, -0.25) is 14.4 Å². The van der Waals surface area contributed by atoms with Crippen molar-refractivity contribution in [2.45, 2.75) is 40.7 Å². The van der Waals surface area contributed by atoms with Gasteiger partial charge in [0, 0.05) is 12.2 Å². The number of aryl methyl sites for hydroxylation is 4. The van der Waals surface area contributed by atoms with Gasteiger partial charge in [0.2, 0.25) is 0 Å². The first-order chi connectivity index (χ1) is 13.3. The normalized spacial score (nSPS) is 11.5. The van der Waals surface area contributed by atoms with Crippen LogP contribution in [0.1, 0.15) is 28.9 Å². The zero-order valence-electron chi connectivity index (χ0n) is 17.6. The van der Waals surface area contributed by atoms with Crippen LogP contribution in [0.4, 0.5) is 5.13 Å². The second kappa shape index (κ2) is 8.41. The average Bonchev–Trinajstić information content (AvgIpc) is 3.18. The summed E-state index contributed by atoms with van der Waals surface area (Å²) in [6, 6.07) is 6.21. The highest BCUT2D eigenvalue weighted by Gasteiger charge is 2.21. The summed E-state index contributed by atoms with van der Waals surface area (Å²) >= 11 is 1.59. The molecule has 0 unspecified atom stereocenters. The number of amides is 1. The van der Waals surface area contributed by atoms with Crippen LogP contribution < -0.4 is 4.90 Å². The summed E-state index contributed by atoms with van der Waals surface area (Å²) in [4.78, 5) is 22.0. The lowest BCUT2D eigenvalue weighted by molar-refractivity contribution is -0.119. The van der Waals surface area contributed by atoms with Crippen LogP contribution in [0.3, 0.4) is 0 Å². The van der Waals surface area contributed by atoms with Gasteiger partial charge in [0.1, 0.15) is 6.54 Å². The summed E-state index contributed by atoms with van der Waals surface area (Å²) in [5.41, 5.74) is 5.32. The number of fused-ring (bicyclic) bond motifs is 1. The van der Waals surface area contributed by atoms with Gasteiger partial charge in [-0.1, -0.05) is 17.4 Å². The molecule has 0 aliphatic rings. The predicted molar refractivity (Wildman–Crippen MR) is 116 cm³/mol. The Kier molecular flexibility index (Phi) is 6.15. The van der Waals surface area contributed by atoms with Crippen molar-refractivity contribution in [3.05, 3.63) is 40.7 Å². The van der Waals surface area contributed by atoms with Gasteiger partial charge in [-0.05, 0) is 78.0 Å². The van der Waals surface area contributed by atoms with E-state index in [1.54, 1.807) is 16.0 Å². The van der Waals surface area contributed by atoms with Crippen LogP contribution in [0.15, 0.2) is 18.2 Å². The molecule has 0 aliphatic carbocycles. The van der Waals surface area contributed by atoms with E-state index in [0.29, 0.717) is 6.54 Å². The van der Waals surface area contributed by atoms with Gasteiger partial charge >= 0.3 is 0 Å². The third-order valence-corrected chi connectivity index (χ3v) is 6.02. The zero-order chi connectivity index (χ0) is 20.4. The number of nitrogens with zero attached hydrogens (tertiary/aromatic N) is 5. The highest BCUT2D eigenvalue weighted by atomic mass is 32.1. The summed E-state index contributed by atoms with van der Waals surface area (Å²) in [6.07, 6.45) is 0.893. The largest absolute Gasteiger partial charge is 0.309 e. The summed E-state index contributed by atoms with van der Waals surface area (Å²) < 4.78 is 2.90. The summed E-state index contributed by atoms with van der Waals surface area (Å²) in [7, 11) is 4.09. The quantitative estimate of drug-likeness (QED) is 0.608. The van der Waals surface area contributed by atoms with Crippen LogP contribution in [0.5, 0.6) is 0 Å². The van der Waals surface area contributed by atoms with Crippen molar-refractivity contribution in [3.63, 3.8) is 0 Å². The van der Waals surface area contributed by atoms with Crippen LogP contribution in [0, 0.1) is 27.7 Å². The Bertz CT molecular complexity index is 988. The Morgan fingerprint density at radius 1 is 1.14 bits per heavy atom. The molecule has 150 valence electrons. The second-order valence-electron chi connectivity index (χ2n) is 7.64. The Morgan fingerprint density at radius 3 is 2.54 bits per heavy atom. The van der Waals surface area contributed by atoms with Gasteiger partial charge in [-0.2, -0.15) is 5.10 Å². The minimum absolute atomic E-state index is 0.0263. The second-order valence-corrected chi connectivity index (χ2v) is 8.65. The Labute approximate surface area is 170 Å². The zero-order valence-corrected chi connectivity index (χ0v) is 18.4. The average molecular weight is 400 g/mol. The number of benzene rings is 1. The van der Waals surface area contributed by atoms with E-state index in [-0.39, 0.29) is 12.5 Å². The lowest BCUT2D eigenvalue weighted by atomic mass is 10.1. The van der Waals surface area contributed by atoms with E-state index in [4.69, 9.17) is 4.98 Å². The molecular weight excluding hydrogens is 370 g/mol. The number of carbonyl (C=O) groups is 1. The third kappa shape index (κ3) is 4.42. The monoisotopic (exact) mass is 399 g/mol. The minimum Gasteiger partial charge on any atom is -0.309 e. The van der Waals surface area contributed by atoms with E-state index in [9.17, 15) is 4.79 Å². The van der Waals surface area contributed by atoms with Gasteiger partial charge in [0.25, 0.3) is 5.91 Å². The predicted octanol–water partition coefficient (Wildman–Crippen LogP) is 3.71. The summed E-state index contributed by atoms with van der Waals surface area (Å²) in [5, 5.41) is 5.22. The van der Waals surface area contributed by atoms with Crippen molar-refractivity contribution in [2.24, 2.45) is 0 Å². The highest BCUT2D eigenvalue weighted by molar-refractivity contribution is 7.22. The maximum atomic E-state index is 13.2. The third-order valence-electron chi connectivity index (χ3n) is 4.98. The fourth-order valence-electron chi connectivity index (χ4n) is 3.25. The molecular formula is C21H29N5OS. The maximum Gasteiger partial charge on any atom is 0.250 e. The lowest BCUT2D eigenvalue weighted by Gasteiger charge is -2.21. The molecule has 7 heteroatoms. The molecule has 0 saturated carbocycles. The molecule has 3 rings (SSSR count). The van der Waals surface area contributed by atoms with Crippen molar-refractivity contribution < 1.29 is 4.79 Å². The molecule has 1 aromatic carbocycles. The topological polar surface area (TPSA) is 54.3 Å². The van der Waals surface area contributed by atoms with Gasteiger partial charge in [0.15, 0.2) is 5.13 Å². The van der Waals surface area contributed by atoms with E-state index >= 15 is 0 Å². The van der Waals surface area contributed by atoms with Crippen LogP contribution in [-0.2, 0) is 11.3 Å². The van der Waals surface area contributed by atoms with Crippen molar-refractivity contribution >= 4 is 32.6 Å². The fourth-order valence-corrected chi connectivity index (χ4v) is 4.32. The number of hydrogen-bond donors (Lipinski definition) is 0. The van der Waals surface area contributed by atoms with Crippen molar-refractivity contribution in [1.29, 1.82) is 0 Å². The summed E-state index contributed by atoms with van der Waals surface area (Å²) in [5.74, 6) is 0.0263. The Morgan fingerprint density at radius 2 is 1.89 bits per heavy atom. The first-order valence-corrected chi connectivity index (χ1v) is 10.4. The molecule has 1 amide bonds. The Hall–Kier alpha value is -2.25. The molecule has 0 bridgehead atoms. The lowest BCUT2D eigenvalue weighted by Crippen LogP contribution is -2.36. The number of carbonyl (C=O) groups excluding carboxylic acids is 1. The molecule has 0 radical (unpaired) electrons. The van der Waals surface area contributed by atoms with Crippen molar-refractivity contribution in [2.75, 3.05) is 32.1 Å². The van der Waals surface area contributed by atoms with E-state index < -0.39 is 0 Å². The number of rotatable bonds is 7. The molecule has 2 heterocycles. The number of hydrogen-bond acceptors (Lipinski definition) is 5. The van der Waals surface area contributed by atoms with Crippen LogP contribution >= 0.6 is 11.3 Å². The molecule has 0 spiro atoms. The highest BCUT2D eigenvalue weighted by Crippen LogP contribution is 2.32. The summed E-state index contributed by atoms with van der Waals surface area (Å²) in [6.45, 7) is 9.91. The Balaban J connectivity index is 1.90. The molecule has 0 atom stereocenters. The van der Waals surface area contributed by atoms with E-state index in [1.165, 1.54) is 11.1 Å². The van der Waals surface area contributed by atoms with Crippen LogP contribution in [0.2, 0.25) is 0 Å². The SMILES string of the molecule is Cc1cc(C)n(CC(=O)N(CCCN(C)C)c2nc3c(C)c(C)ccc3s2)n1. The molecule has 3 aromatic rings. The van der Waals surface area contributed by atoms with Gasteiger partial charge in [-0.15, -0.1) is 0 Å². The number of anilines is 1. The molecule has 2 aromatic heterocycles. The first-order valence-electron chi connectivity index (χ1n) is 9.59. The standard InChI is InChI=1S/C21H29N5OS/c1-14-8-9-18-20(17(14)4)22-21(28-18)25(11-7-10-24(5)6)19(27)13-26-16(3)12-15(2)23-26/h8-9,12H,7,10-11,13H2,1-6H3. The van der Waals surface area contributed by atoms with E-state index in [2.05, 4.69) is 36.0 Å². The molecule has 0 fully saturated rings. The van der Waals surface area contributed by atoms with Crippen LogP contribution in [-0.4, -0.2) is 52.8 Å². The number of aromatic nitrogens is 3. The first kappa shape index (κ1) is 20.5. The maximum absolute atomic E-state index is 13.2. The smallest absolute Gasteiger partial charge is 0.250 e. The van der Waals surface area contributed by atoms with Gasteiger partial charge < -0.3 is 4.90 Å².